The predicted molar refractivity (Wildman–Crippen MR) is 140 cm³/mol. The highest BCUT2D eigenvalue weighted by Crippen LogP contribution is 2.38. The summed E-state index contributed by atoms with van der Waals surface area (Å²) in [5.41, 5.74) is 1.43. The number of amides is 4. The van der Waals surface area contributed by atoms with Gasteiger partial charge in [-0.15, -0.1) is 0 Å². The van der Waals surface area contributed by atoms with Crippen molar-refractivity contribution in [2.24, 2.45) is 0 Å². The highest BCUT2D eigenvalue weighted by molar-refractivity contribution is 6.42. The van der Waals surface area contributed by atoms with E-state index in [1.807, 2.05) is 25.7 Å². The second-order valence-corrected chi connectivity index (χ2v) is 9.65. The molecule has 198 valence electrons. The van der Waals surface area contributed by atoms with E-state index in [1.54, 1.807) is 30.0 Å². The number of rotatable bonds is 8. The van der Waals surface area contributed by atoms with Gasteiger partial charge in [0.05, 0.1) is 28.3 Å². The minimum atomic E-state index is -0.806. The molecule has 1 aromatic carbocycles. The standard InChI is InChI=1S/C25H35Cl2N5O4/c1-5-11-28-24(34)32-13-12-30(14-16(32)4)15-19-20(23(33)36-7-3)22(29-25(35)31(19)6-2)17-9-8-10-18(26)21(17)27/h8-10,16,22H,5-7,11-15H2,1-4H3,(H,28,34)(H,29,35)/t16-,22+/m0/s1. The number of piperazine rings is 1. The van der Waals surface area contributed by atoms with Gasteiger partial charge in [-0.05, 0) is 38.8 Å². The maximum atomic E-state index is 13.3. The molecule has 0 unspecified atom stereocenters. The molecule has 1 saturated heterocycles. The molecule has 2 aliphatic rings. The number of ether oxygens (including phenoxy) is 1. The van der Waals surface area contributed by atoms with Gasteiger partial charge in [-0.3, -0.25) is 9.80 Å². The zero-order chi connectivity index (χ0) is 26.4. The molecule has 9 nitrogen and oxygen atoms in total. The third-order valence-corrected chi connectivity index (χ3v) is 7.25. The number of carbonyl (C=O) groups excluding carboxylic acids is 3. The van der Waals surface area contributed by atoms with Crippen LogP contribution >= 0.6 is 23.2 Å². The number of urea groups is 2. The van der Waals surface area contributed by atoms with E-state index in [9.17, 15) is 14.4 Å². The maximum absolute atomic E-state index is 13.3. The summed E-state index contributed by atoms with van der Waals surface area (Å²) in [5.74, 6) is -0.516. The normalized spacial score (nSPS) is 20.9. The van der Waals surface area contributed by atoms with Crippen LogP contribution in [-0.2, 0) is 9.53 Å². The number of benzene rings is 1. The molecule has 2 atom stereocenters. The lowest BCUT2D eigenvalue weighted by molar-refractivity contribution is -0.139. The fraction of sp³-hybridized carbons (Fsp3) is 0.560. The van der Waals surface area contributed by atoms with Gasteiger partial charge < -0.3 is 20.3 Å². The van der Waals surface area contributed by atoms with Crippen LogP contribution in [0.2, 0.25) is 10.0 Å². The average Bonchev–Trinajstić information content (AvgIpc) is 2.84. The number of carbonyl (C=O) groups is 3. The van der Waals surface area contributed by atoms with Crippen LogP contribution in [0.4, 0.5) is 9.59 Å². The molecular weight excluding hydrogens is 505 g/mol. The number of hydrogen-bond acceptors (Lipinski definition) is 5. The molecule has 3 rings (SSSR count). The van der Waals surface area contributed by atoms with Gasteiger partial charge in [0.15, 0.2) is 0 Å². The van der Waals surface area contributed by atoms with Gasteiger partial charge in [-0.1, -0.05) is 42.3 Å². The molecule has 1 fully saturated rings. The van der Waals surface area contributed by atoms with E-state index in [4.69, 9.17) is 27.9 Å². The number of hydrogen-bond donors (Lipinski definition) is 2. The Morgan fingerprint density at radius 3 is 2.58 bits per heavy atom. The molecule has 11 heteroatoms. The van der Waals surface area contributed by atoms with Crippen LogP contribution < -0.4 is 10.6 Å². The first-order valence-corrected chi connectivity index (χ1v) is 13.2. The lowest BCUT2D eigenvalue weighted by Crippen LogP contribution is -2.58. The van der Waals surface area contributed by atoms with E-state index in [0.717, 1.165) is 6.42 Å². The summed E-state index contributed by atoms with van der Waals surface area (Å²) < 4.78 is 5.43. The maximum Gasteiger partial charge on any atom is 0.338 e. The fourth-order valence-corrected chi connectivity index (χ4v) is 5.07. The van der Waals surface area contributed by atoms with E-state index in [-0.39, 0.29) is 29.7 Å². The first kappa shape index (κ1) is 28.1. The van der Waals surface area contributed by atoms with Crippen LogP contribution in [0.25, 0.3) is 0 Å². The third-order valence-electron chi connectivity index (χ3n) is 6.41. The first-order chi connectivity index (χ1) is 17.2. The number of nitrogens with one attached hydrogen (secondary N) is 2. The molecule has 2 N–H and O–H groups in total. The van der Waals surface area contributed by atoms with Crippen molar-refractivity contribution >= 4 is 41.2 Å². The average molecular weight is 540 g/mol. The Labute approximate surface area is 222 Å². The Hall–Kier alpha value is -2.49. The quantitative estimate of drug-likeness (QED) is 0.486. The predicted octanol–water partition coefficient (Wildman–Crippen LogP) is 4.02. The van der Waals surface area contributed by atoms with Crippen molar-refractivity contribution in [2.45, 2.75) is 46.2 Å². The van der Waals surface area contributed by atoms with Gasteiger partial charge in [-0.2, -0.15) is 0 Å². The Kier molecular flexibility index (Phi) is 9.87. The monoisotopic (exact) mass is 539 g/mol. The van der Waals surface area contributed by atoms with Gasteiger partial charge in [-0.25, -0.2) is 14.4 Å². The summed E-state index contributed by atoms with van der Waals surface area (Å²) in [5, 5.41) is 6.45. The molecule has 0 bridgehead atoms. The summed E-state index contributed by atoms with van der Waals surface area (Å²) in [4.78, 5) is 44.5. The highest BCUT2D eigenvalue weighted by atomic mass is 35.5. The molecule has 0 spiro atoms. The van der Waals surface area contributed by atoms with Gasteiger partial charge >= 0.3 is 18.0 Å². The van der Waals surface area contributed by atoms with E-state index in [0.29, 0.717) is 61.1 Å². The minimum absolute atomic E-state index is 0.0343. The van der Waals surface area contributed by atoms with E-state index in [2.05, 4.69) is 15.5 Å². The molecule has 0 saturated carbocycles. The second kappa shape index (κ2) is 12.7. The van der Waals surface area contributed by atoms with Gasteiger partial charge in [0.2, 0.25) is 0 Å². The molecule has 0 aromatic heterocycles. The van der Waals surface area contributed by atoms with Crippen molar-refractivity contribution in [3.05, 3.63) is 45.1 Å². The smallest absolute Gasteiger partial charge is 0.338 e. The fourth-order valence-electron chi connectivity index (χ4n) is 4.66. The number of likely N-dealkylation sites (N-methyl/N-ethyl adjacent to an activating group) is 1. The van der Waals surface area contributed by atoms with Crippen LogP contribution in [-0.4, -0.2) is 84.6 Å². The van der Waals surface area contributed by atoms with Crippen LogP contribution in [0.3, 0.4) is 0 Å². The van der Waals surface area contributed by atoms with Crippen molar-refractivity contribution in [3.8, 4) is 0 Å². The largest absolute Gasteiger partial charge is 0.463 e. The summed E-state index contributed by atoms with van der Waals surface area (Å²) in [6.45, 7) is 10.9. The lowest BCUT2D eigenvalue weighted by Gasteiger charge is -2.42. The van der Waals surface area contributed by atoms with Crippen molar-refractivity contribution in [1.29, 1.82) is 0 Å². The molecule has 36 heavy (non-hydrogen) atoms. The number of halogens is 2. The Morgan fingerprint density at radius 2 is 1.94 bits per heavy atom. The molecule has 2 heterocycles. The zero-order valence-corrected chi connectivity index (χ0v) is 22.8. The Bertz CT molecular complexity index is 1020. The van der Waals surface area contributed by atoms with Crippen LogP contribution in [0.1, 0.15) is 45.7 Å². The Morgan fingerprint density at radius 1 is 1.19 bits per heavy atom. The van der Waals surface area contributed by atoms with E-state index in [1.165, 1.54) is 0 Å². The highest BCUT2D eigenvalue weighted by Gasteiger charge is 2.40. The molecule has 0 radical (unpaired) electrons. The first-order valence-electron chi connectivity index (χ1n) is 12.4. The molecule has 1 aromatic rings. The molecule has 0 aliphatic carbocycles. The summed E-state index contributed by atoms with van der Waals surface area (Å²) in [7, 11) is 0. The molecule has 2 aliphatic heterocycles. The SMILES string of the molecule is CCCNC(=O)N1CCN(CC2=C(C(=O)OCC)[C@@H](c3cccc(Cl)c3Cl)NC(=O)N2CC)C[C@@H]1C. The van der Waals surface area contributed by atoms with Gasteiger partial charge in [0.25, 0.3) is 0 Å². The second-order valence-electron chi connectivity index (χ2n) is 8.86. The number of nitrogens with zero attached hydrogens (tertiary/aromatic N) is 3. The summed E-state index contributed by atoms with van der Waals surface area (Å²) in [6, 6.07) is 3.89. The van der Waals surface area contributed by atoms with Crippen LogP contribution in [0.5, 0.6) is 0 Å². The molecular formula is C25H35Cl2N5O4. The van der Waals surface area contributed by atoms with Gasteiger partial charge in [0, 0.05) is 51.0 Å². The summed E-state index contributed by atoms with van der Waals surface area (Å²) >= 11 is 12.8. The summed E-state index contributed by atoms with van der Waals surface area (Å²) in [6.07, 6.45) is 0.873. The van der Waals surface area contributed by atoms with E-state index >= 15 is 0 Å². The molecule has 4 amide bonds. The minimum Gasteiger partial charge on any atom is -0.463 e. The van der Waals surface area contributed by atoms with Crippen LogP contribution in [0, 0.1) is 0 Å². The van der Waals surface area contributed by atoms with Crippen molar-refractivity contribution in [2.75, 3.05) is 45.9 Å². The van der Waals surface area contributed by atoms with Gasteiger partial charge in [0.1, 0.15) is 0 Å². The van der Waals surface area contributed by atoms with Crippen LogP contribution in [0.15, 0.2) is 29.5 Å². The van der Waals surface area contributed by atoms with Crippen molar-refractivity contribution in [3.63, 3.8) is 0 Å². The topological polar surface area (TPSA) is 94.2 Å². The van der Waals surface area contributed by atoms with Crippen molar-refractivity contribution in [1.82, 2.24) is 25.3 Å². The third kappa shape index (κ3) is 6.07. The number of esters is 1. The Balaban J connectivity index is 1.97. The van der Waals surface area contributed by atoms with Crippen molar-refractivity contribution < 1.29 is 19.1 Å². The zero-order valence-electron chi connectivity index (χ0n) is 21.3. The van der Waals surface area contributed by atoms with E-state index < -0.39 is 12.0 Å². The lowest BCUT2D eigenvalue weighted by atomic mass is 9.94.